The minimum atomic E-state index is -0.813. The summed E-state index contributed by atoms with van der Waals surface area (Å²) in [5, 5.41) is 14.5. The molecule has 1 aliphatic rings. The molecule has 0 spiro atoms. The Morgan fingerprint density at radius 1 is 1.28 bits per heavy atom. The second-order valence-electron chi connectivity index (χ2n) is 7.43. The molecule has 1 aromatic carbocycles. The van der Waals surface area contributed by atoms with Crippen LogP contribution in [-0.2, 0) is 0 Å². The quantitative estimate of drug-likeness (QED) is 0.899. The van der Waals surface area contributed by atoms with E-state index in [1.165, 1.54) is 0 Å². The summed E-state index contributed by atoms with van der Waals surface area (Å²) in [6.07, 6.45) is 1.36. The summed E-state index contributed by atoms with van der Waals surface area (Å²) in [7, 11) is 2.05. The summed E-state index contributed by atoms with van der Waals surface area (Å²) in [4.78, 5) is 19.6. The van der Waals surface area contributed by atoms with E-state index in [9.17, 15) is 9.90 Å². The van der Waals surface area contributed by atoms with Gasteiger partial charge in [-0.25, -0.2) is 0 Å². The minimum Gasteiger partial charge on any atom is -0.388 e. The molecule has 0 atom stereocenters. The lowest BCUT2D eigenvalue weighted by Gasteiger charge is -2.36. The molecule has 1 aliphatic heterocycles. The van der Waals surface area contributed by atoms with Crippen molar-refractivity contribution < 1.29 is 9.90 Å². The number of amides is 1. The van der Waals surface area contributed by atoms with E-state index in [2.05, 4.69) is 15.2 Å². The van der Waals surface area contributed by atoms with Crippen LogP contribution in [0.3, 0.4) is 0 Å². The molecule has 1 saturated heterocycles. The number of likely N-dealkylation sites (tertiary alicyclic amines) is 1. The van der Waals surface area contributed by atoms with Gasteiger partial charge >= 0.3 is 0 Å². The third-order valence-corrected chi connectivity index (χ3v) is 5.37. The SMILES string of the molecule is Cc1cc(C(=O)NCC2(O)CCN(C)CC2)c2ccc(C)c(C)c2n1. The molecule has 0 radical (unpaired) electrons. The van der Waals surface area contributed by atoms with Crippen LogP contribution in [-0.4, -0.2) is 53.2 Å². The smallest absolute Gasteiger partial charge is 0.252 e. The lowest BCUT2D eigenvalue weighted by Crippen LogP contribution is -2.50. The Morgan fingerprint density at radius 3 is 2.64 bits per heavy atom. The number of hydrogen-bond acceptors (Lipinski definition) is 4. The molecule has 2 aromatic rings. The fourth-order valence-electron chi connectivity index (χ4n) is 3.40. The highest BCUT2D eigenvalue weighted by molar-refractivity contribution is 6.07. The Kier molecular flexibility index (Phi) is 4.80. The monoisotopic (exact) mass is 341 g/mol. The highest BCUT2D eigenvalue weighted by atomic mass is 16.3. The van der Waals surface area contributed by atoms with Crippen molar-refractivity contribution in [3.63, 3.8) is 0 Å². The predicted octanol–water partition coefficient (Wildman–Crippen LogP) is 2.35. The Labute approximate surface area is 149 Å². The summed E-state index contributed by atoms with van der Waals surface area (Å²) in [6.45, 7) is 7.97. The van der Waals surface area contributed by atoms with Crippen molar-refractivity contribution in [3.8, 4) is 0 Å². The van der Waals surface area contributed by atoms with Gasteiger partial charge in [-0.2, -0.15) is 0 Å². The summed E-state index contributed by atoms with van der Waals surface area (Å²) >= 11 is 0. The number of nitrogens with one attached hydrogen (secondary N) is 1. The van der Waals surface area contributed by atoms with Gasteiger partial charge in [-0.3, -0.25) is 9.78 Å². The number of carbonyl (C=O) groups is 1. The van der Waals surface area contributed by atoms with E-state index >= 15 is 0 Å². The number of rotatable bonds is 3. The zero-order valence-corrected chi connectivity index (χ0v) is 15.5. The Hall–Kier alpha value is -1.98. The summed E-state index contributed by atoms with van der Waals surface area (Å²) in [6, 6.07) is 5.81. The number of hydrogen-bond donors (Lipinski definition) is 2. The van der Waals surface area contributed by atoms with Crippen LogP contribution in [0.1, 0.15) is 40.0 Å². The Balaban J connectivity index is 1.84. The minimum absolute atomic E-state index is 0.147. The van der Waals surface area contributed by atoms with E-state index in [4.69, 9.17) is 0 Å². The number of fused-ring (bicyclic) bond motifs is 1. The topological polar surface area (TPSA) is 65.5 Å². The number of aliphatic hydroxyl groups is 1. The zero-order chi connectivity index (χ0) is 18.2. The fraction of sp³-hybridized carbons (Fsp3) is 0.500. The van der Waals surface area contributed by atoms with Crippen LogP contribution < -0.4 is 5.32 Å². The highest BCUT2D eigenvalue weighted by Crippen LogP contribution is 2.25. The normalized spacial score (nSPS) is 17.6. The summed E-state index contributed by atoms with van der Waals surface area (Å²) < 4.78 is 0. The van der Waals surface area contributed by atoms with Gasteiger partial charge in [0.15, 0.2) is 0 Å². The first-order chi connectivity index (χ1) is 11.8. The van der Waals surface area contributed by atoms with E-state index in [1.54, 1.807) is 0 Å². The molecule has 0 aliphatic carbocycles. The average Bonchev–Trinajstić information content (AvgIpc) is 2.59. The summed E-state index contributed by atoms with van der Waals surface area (Å²) in [5.41, 5.74) is 3.78. The third-order valence-electron chi connectivity index (χ3n) is 5.37. The molecule has 3 rings (SSSR count). The van der Waals surface area contributed by atoms with Crippen LogP contribution in [0.5, 0.6) is 0 Å². The van der Waals surface area contributed by atoms with Gasteiger partial charge < -0.3 is 15.3 Å². The first kappa shape index (κ1) is 17.8. The first-order valence-corrected chi connectivity index (χ1v) is 8.86. The lowest BCUT2D eigenvalue weighted by atomic mass is 9.91. The van der Waals surface area contributed by atoms with Crippen molar-refractivity contribution in [2.45, 2.75) is 39.2 Å². The second kappa shape index (κ2) is 6.73. The Bertz CT molecular complexity index is 808. The standard InChI is InChI=1S/C20H27N3O2/c1-13-5-6-16-17(11-14(2)22-18(16)15(13)3)19(24)21-12-20(25)7-9-23(4)10-8-20/h5-6,11,25H,7-10,12H2,1-4H3,(H,21,24). The second-order valence-corrected chi connectivity index (χ2v) is 7.43. The number of carbonyl (C=O) groups excluding carboxylic acids is 1. The van der Waals surface area contributed by atoms with Crippen molar-refractivity contribution in [1.29, 1.82) is 0 Å². The molecule has 1 amide bonds. The van der Waals surface area contributed by atoms with E-state index in [-0.39, 0.29) is 12.5 Å². The van der Waals surface area contributed by atoms with Gasteiger partial charge in [-0.05, 0) is 57.9 Å². The van der Waals surface area contributed by atoms with Crippen LogP contribution in [0, 0.1) is 20.8 Å². The maximum atomic E-state index is 12.8. The molecule has 25 heavy (non-hydrogen) atoms. The van der Waals surface area contributed by atoms with Crippen molar-refractivity contribution in [2.75, 3.05) is 26.7 Å². The number of aryl methyl sites for hydroxylation is 3. The molecule has 2 N–H and O–H groups in total. The number of benzene rings is 1. The van der Waals surface area contributed by atoms with Gasteiger partial charge in [-0.15, -0.1) is 0 Å². The molecule has 1 fully saturated rings. The van der Waals surface area contributed by atoms with Gasteiger partial charge in [0, 0.05) is 30.7 Å². The molecule has 1 aromatic heterocycles. The van der Waals surface area contributed by atoms with Crippen molar-refractivity contribution in [3.05, 3.63) is 40.6 Å². The third kappa shape index (κ3) is 3.67. The molecule has 0 saturated carbocycles. The Morgan fingerprint density at radius 2 is 1.96 bits per heavy atom. The van der Waals surface area contributed by atoms with Crippen LogP contribution in [0.15, 0.2) is 18.2 Å². The number of aromatic nitrogens is 1. The molecule has 0 unspecified atom stereocenters. The largest absolute Gasteiger partial charge is 0.388 e. The molecule has 0 bridgehead atoms. The van der Waals surface area contributed by atoms with E-state index in [0.29, 0.717) is 18.4 Å². The summed E-state index contributed by atoms with van der Waals surface area (Å²) in [5.74, 6) is -0.147. The van der Waals surface area contributed by atoms with Gasteiger partial charge in [0.2, 0.25) is 0 Å². The van der Waals surface area contributed by atoms with Gasteiger partial charge in [0.25, 0.3) is 5.91 Å². The predicted molar refractivity (Wildman–Crippen MR) is 100.0 cm³/mol. The van der Waals surface area contributed by atoms with Crippen LogP contribution in [0.2, 0.25) is 0 Å². The number of nitrogens with zero attached hydrogens (tertiary/aromatic N) is 2. The number of pyridine rings is 1. The van der Waals surface area contributed by atoms with Crippen molar-refractivity contribution >= 4 is 16.8 Å². The zero-order valence-electron chi connectivity index (χ0n) is 15.5. The molecule has 134 valence electrons. The molecular formula is C20H27N3O2. The van der Waals surface area contributed by atoms with Crippen LogP contribution in [0.4, 0.5) is 0 Å². The van der Waals surface area contributed by atoms with Crippen molar-refractivity contribution in [1.82, 2.24) is 15.2 Å². The van der Waals surface area contributed by atoms with Crippen LogP contribution in [0.25, 0.3) is 10.9 Å². The van der Waals surface area contributed by atoms with E-state index in [1.807, 2.05) is 46.0 Å². The molecule has 5 heteroatoms. The average molecular weight is 341 g/mol. The van der Waals surface area contributed by atoms with Gasteiger partial charge in [0.1, 0.15) is 0 Å². The highest BCUT2D eigenvalue weighted by Gasteiger charge is 2.31. The van der Waals surface area contributed by atoms with Gasteiger partial charge in [0.05, 0.1) is 16.7 Å². The molecule has 5 nitrogen and oxygen atoms in total. The lowest BCUT2D eigenvalue weighted by molar-refractivity contribution is -0.0135. The first-order valence-electron chi connectivity index (χ1n) is 8.86. The molecular weight excluding hydrogens is 314 g/mol. The van der Waals surface area contributed by atoms with Gasteiger partial charge in [-0.1, -0.05) is 12.1 Å². The van der Waals surface area contributed by atoms with Crippen LogP contribution >= 0.6 is 0 Å². The maximum absolute atomic E-state index is 12.8. The fourth-order valence-corrected chi connectivity index (χ4v) is 3.40. The number of piperidine rings is 1. The van der Waals surface area contributed by atoms with E-state index in [0.717, 1.165) is 40.8 Å². The maximum Gasteiger partial charge on any atom is 0.252 e. The van der Waals surface area contributed by atoms with Crippen molar-refractivity contribution in [2.24, 2.45) is 0 Å². The van der Waals surface area contributed by atoms with E-state index < -0.39 is 5.60 Å². The molecule has 2 heterocycles.